The number of nitrogens with zero attached hydrogens (tertiary/aromatic N) is 1. The van der Waals surface area contributed by atoms with Crippen LogP contribution >= 0.6 is 0 Å². The fourth-order valence-electron chi connectivity index (χ4n) is 5.01. The third kappa shape index (κ3) is 3.69. The number of rotatable bonds is 4. The third-order valence-electron chi connectivity index (χ3n) is 6.07. The summed E-state index contributed by atoms with van der Waals surface area (Å²) in [4.78, 5) is 27.1. The Kier molecular flexibility index (Phi) is 5.35. The molecule has 3 atom stereocenters. The summed E-state index contributed by atoms with van der Waals surface area (Å²) < 4.78 is 10.9. The van der Waals surface area contributed by atoms with Crippen LogP contribution in [0.5, 0.6) is 0 Å². The van der Waals surface area contributed by atoms with Gasteiger partial charge in [-0.3, -0.25) is 4.90 Å². The molecule has 1 saturated carbocycles. The second-order valence-corrected chi connectivity index (χ2v) is 20.1. The Morgan fingerprint density at radius 1 is 1.29 bits per heavy atom. The quantitative estimate of drug-likeness (QED) is 0.387. The minimum absolute atomic E-state index is 0.0340. The van der Waals surface area contributed by atoms with Crippen LogP contribution in [0.2, 0.25) is 39.3 Å². The summed E-state index contributed by atoms with van der Waals surface area (Å²) >= 11 is 0. The van der Waals surface area contributed by atoms with Crippen molar-refractivity contribution in [3.63, 3.8) is 0 Å². The standard InChI is InChI=1S/C21H33NO4Si2/c1-25-18(23)16-14-21(11-8-9-13-27(2,3)4)12-10-15-17(21)22(16)20(24)26-19(15)28(5,6)7/h16-17H,8,10-12,14H2,1-7H3/t16-,17-,21-/m0/s1. The first-order chi connectivity index (χ1) is 12.9. The number of hydrogen-bond donors (Lipinski definition) is 0. The Balaban J connectivity index is 1.99. The van der Waals surface area contributed by atoms with Crippen molar-refractivity contribution in [1.29, 1.82) is 0 Å². The second-order valence-electron chi connectivity index (χ2n) is 10.4. The molecule has 2 aliphatic heterocycles. The van der Waals surface area contributed by atoms with Gasteiger partial charge in [0.25, 0.3) is 0 Å². The third-order valence-corrected chi connectivity index (χ3v) is 8.79. The highest BCUT2D eigenvalue weighted by Crippen LogP contribution is 2.59. The van der Waals surface area contributed by atoms with Crippen LogP contribution in [0.3, 0.4) is 0 Å². The molecule has 0 aromatic heterocycles. The molecule has 154 valence electrons. The smallest absolute Gasteiger partial charge is 0.415 e. The molecule has 5 nitrogen and oxygen atoms in total. The summed E-state index contributed by atoms with van der Waals surface area (Å²) in [7, 11) is -1.81. The first kappa shape index (κ1) is 21.2. The van der Waals surface area contributed by atoms with E-state index in [1.54, 1.807) is 4.90 Å². The van der Waals surface area contributed by atoms with E-state index in [2.05, 4.69) is 50.7 Å². The number of esters is 1. The molecule has 0 bridgehead atoms. The highest BCUT2D eigenvalue weighted by Gasteiger charge is 2.63. The molecule has 1 amide bonds. The molecule has 2 fully saturated rings. The lowest BCUT2D eigenvalue weighted by atomic mass is 9.77. The molecule has 7 heteroatoms. The lowest BCUT2D eigenvalue weighted by Crippen LogP contribution is -2.52. The van der Waals surface area contributed by atoms with Crippen molar-refractivity contribution in [2.75, 3.05) is 7.11 Å². The number of cyclic esters (lactones) is 1. The zero-order valence-corrected chi connectivity index (χ0v) is 20.3. The van der Waals surface area contributed by atoms with Crippen LogP contribution in [-0.4, -0.2) is 52.3 Å². The van der Waals surface area contributed by atoms with Gasteiger partial charge in [0.15, 0.2) is 0 Å². The Bertz CT molecular complexity index is 781. The fourth-order valence-corrected chi connectivity index (χ4v) is 7.29. The summed E-state index contributed by atoms with van der Waals surface area (Å²) in [6.45, 7) is 13.4. The fraction of sp³-hybridized carbons (Fsp3) is 0.714. The SMILES string of the molecule is COC(=O)[C@@H]1C[C@]2(CCC#C[Si](C)(C)C)CCC3=C([Si](C)(C)C)OC(=O)N1[C@@H]32. The highest BCUT2D eigenvalue weighted by atomic mass is 28.3. The summed E-state index contributed by atoms with van der Waals surface area (Å²) in [6.07, 6.45) is 3.93. The van der Waals surface area contributed by atoms with Gasteiger partial charge in [-0.15, -0.1) is 11.5 Å². The van der Waals surface area contributed by atoms with Crippen LogP contribution in [-0.2, 0) is 14.3 Å². The van der Waals surface area contributed by atoms with Crippen molar-refractivity contribution in [3.8, 4) is 11.5 Å². The van der Waals surface area contributed by atoms with Gasteiger partial charge in [0, 0.05) is 6.42 Å². The topological polar surface area (TPSA) is 55.8 Å². The lowest BCUT2D eigenvalue weighted by Gasteiger charge is -2.39. The molecule has 0 N–H and O–H groups in total. The summed E-state index contributed by atoms with van der Waals surface area (Å²) in [5.74, 6) is 3.05. The van der Waals surface area contributed by atoms with Crippen molar-refractivity contribution >= 4 is 28.2 Å². The van der Waals surface area contributed by atoms with Crippen LogP contribution in [0.15, 0.2) is 11.0 Å². The molecular weight excluding hydrogens is 386 g/mol. The Hall–Kier alpha value is -1.53. The van der Waals surface area contributed by atoms with Crippen LogP contribution in [0.25, 0.3) is 0 Å². The molecule has 3 aliphatic rings. The molecule has 0 aromatic carbocycles. The number of methoxy groups -OCH3 is 1. The second kappa shape index (κ2) is 7.06. The number of amides is 1. The summed E-state index contributed by atoms with van der Waals surface area (Å²) in [5, 5.41) is 0.930. The predicted molar refractivity (Wildman–Crippen MR) is 115 cm³/mol. The first-order valence-corrected chi connectivity index (χ1v) is 17.2. The van der Waals surface area contributed by atoms with Gasteiger partial charge in [-0.2, -0.15) is 0 Å². The van der Waals surface area contributed by atoms with E-state index in [0.717, 1.165) is 31.1 Å². The largest absolute Gasteiger partial charge is 0.467 e. The molecular formula is C21H33NO4Si2. The van der Waals surface area contributed by atoms with Gasteiger partial charge in [0.2, 0.25) is 0 Å². The van der Waals surface area contributed by atoms with Crippen LogP contribution in [0.1, 0.15) is 32.1 Å². The van der Waals surface area contributed by atoms with Crippen LogP contribution < -0.4 is 0 Å². The molecule has 0 radical (unpaired) electrons. The van der Waals surface area contributed by atoms with E-state index in [1.165, 1.54) is 12.7 Å². The lowest BCUT2D eigenvalue weighted by molar-refractivity contribution is -0.145. The van der Waals surface area contributed by atoms with Gasteiger partial charge in [-0.05, 0) is 36.7 Å². The van der Waals surface area contributed by atoms with E-state index in [1.807, 2.05) is 0 Å². The Labute approximate surface area is 170 Å². The molecule has 0 aromatic rings. The number of carbonyl (C=O) groups excluding carboxylic acids is 2. The van der Waals surface area contributed by atoms with Crippen molar-refractivity contribution in [3.05, 3.63) is 11.0 Å². The van der Waals surface area contributed by atoms with E-state index in [4.69, 9.17) is 9.47 Å². The predicted octanol–water partition coefficient (Wildman–Crippen LogP) is 4.33. The molecule has 0 unspecified atom stereocenters. The van der Waals surface area contributed by atoms with Gasteiger partial charge in [-0.25, -0.2) is 9.59 Å². The monoisotopic (exact) mass is 419 g/mol. The maximum atomic E-state index is 12.9. The Morgan fingerprint density at radius 3 is 2.54 bits per heavy atom. The van der Waals surface area contributed by atoms with E-state index in [0.29, 0.717) is 6.42 Å². The highest BCUT2D eigenvalue weighted by molar-refractivity contribution is 6.84. The summed E-state index contributed by atoms with van der Waals surface area (Å²) in [6, 6.07) is -0.584. The average Bonchev–Trinajstić information content (AvgIpc) is 3.10. The number of carbonyl (C=O) groups is 2. The van der Waals surface area contributed by atoms with E-state index >= 15 is 0 Å². The minimum atomic E-state index is -1.80. The van der Waals surface area contributed by atoms with Gasteiger partial charge in [0.1, 0.15) is 22.2 Å². The molecule has 3 rings (SSSR count). The van der Waals surface area contributed by atoms with Gasteiger partial charge in [0.05, 0.1) is 18.5 Å². The van der Waals surface area contributed by atoms with Crippen molar-refractivity contribution in [1.82, 2.24) is 4.90 Å². The van der Waals surface area contributed by atoms with Gasteiger partial charge >= 0.3 is 12.1 Å². The molecule has 1 aliphatic carbocycles. The van der Waals surface area contributed by atoms with Gasteiger partial charge in [-0.1, -0.05) is 39.3 Å². The van der Waals surface area contributed by atoms with Crippen molar-refractivity contribution in [2.45, 2.75) is 83.5 Å². The summed E-state index contributed by atoms with van der Waals surface area (Å²) in [5.41, 5.74) is 4.61. The Morgan fingerprint density at radius 2 is 1.96 bits per heavy atom. The van der Waals surface area contributed by atoms with E-state index in [9.17, 15) is 9.59 Å². The number of hydrogen-bond acceptors (Lipinski definition) is 4. The zero-order chi connectivity index (χ0) is 20.9. The van der Waals surface area contributed by atoms with Gasteiger partial charge < -0.3 is 9.47 Å². The van der Waals surface area contributed by atoms with Crippen LogP contribution in [0.4, 0.5) is 4.79 Å². The molecule has 2 heterocycles. The van der Waals surface area contributed by atoms with E-state index in [-0.39, 0.29) is 23.5 Å². The van der Waals surface area contributed by atoms with Crippen molar-refractivity contribution in [2.24, 2.45) is 5.41 Å². The number of ether oxygens (including phenoxy) is 2. The van der Waals surface area contributed by atoms with E-state index < -0.39 is 22.2 Å². The zero-order valence-electron chi connectivity index (χ0n) is 18.3. The average molecular weight is 420 g/mol. The molecule has 0 spiro atoms. The molecule has 28 heavy (non-hydrogen) atoms. The first-order valence-electron chi connectivity index (χ1n) is 10.2. The molecule has 1 saturated heterocycles. The van der Waals surface area contributed by atoms with Crippen LogP contribution in [0, 0.1) is 16.9 Å². The minimum Gasteiger partial charge on any atom is -0.467 e. The maximum Gasteiger partial charge on any atom is 0.415 e. The maximum absolute atomic E-state index is 12.9. The van der Waals surface area contributed by atoms with Crippen molar-refractivity contribution < 1.29 is 19.1 Å². The normalized spacial score (nSPS) is 29.2.